The molecule has 3 aromatic carbocycles. The monoisotopic (exact) mass is 440 g/mol. The van der Waals surface area contributed by atoms with Crippen LogP contribution >= 0.6 is 11.3 Å². The van der Waals surface area contributed by atoms with E-state index in [1.807, 2.05) is 30.3 Å². The molecule has 0 fully saturated rings. The number of thiazole rings is 1. The molecule has 0 unspecified atom stereocenters. The second kappa shape index (κ2) is 8.35. The number of benzene rings is 3. The van der Waals surface area contributed by atoms with Crippen molar-refractivity contribution >= 4 is 21.4 Å². The Morgan fingerprint density at radius 1 is 0.900 bits per heavy atom. The second-order valence-electron chi connectivity index (χ2n) is 6.46. The molecular weight excluding hydrogens is 423 g/mol. The first-order valence-corrected chi connectivity index (χ1v) is 11.3. The van der Waals surface area contributed by atoms with Gasteiger partial charge in [0.15, 0.2) is 0 Å². The summed E-state index contributed by atoms with van der Waals surface area (Å²) < 4.78 is 42.3. The molecule has 0 spiro atoms. The highest BCUT2D eigenvalue weighted by Crippen LogP contribution is 2.37. The maximum absolute atomic E-state index is 13.4. The summed E-state index contributed by atoms with van der Waals surface area (Å²) >= 11 is 1.43. The number of halogens is 1. The highest BCUT2D eigenvalue weighted by molar-refractivity contribution is 7.89. The van der Waals surface area contributed by atoms with Gasteiger partial charge in [-0.05, 0) is 54.1 Å². The molecule has 0 saturated heterocycles. The fraction of sp³-hybridized carbons (Fsp3) is 0.0455. The van der Waals surface area contributed by atoms with Crippen molar-refractivity contribution in [3.63, 3.8) is 0 Å². The minimum Gasteiger partial charge on any atom is -0.486 e. The van der Waals surface area contributed by atoms with Crippen LogP contribution in [0.3, 0.4) is 0 Å². The van der Waals surface area contributed by atoms with Gasteiger partial charge in [-0.15, -0.1) is 11.3 Å². The molecule has 4 aromatic rings. The smallest absolute Gasteiger partial charge is 0.238 e. The second-order valence-corrected chi connectivity index (χ2v) is 9.11. The Hall–Kier alpha value is -3.07. The summed E-state index contributed by atoms with van der Waals surface area (Å²) in [6.07, 6.45) is 0. The number of nitrogens with two attached hydrogens (primary N) is 1. The summed E-state index contributed by atoms with van der Waals surface area (Å²) in [4.78, 5) is 5.56. The van der Waals surface area contributed by atoms with Gasteiger partial charge >= 0.3 is 0 Å². The van der Waals surface area contributed by atoms with E-state index in [9.17, 15) is 12.8 Å². The summed E-state index contributed by atoms with van der Waals surface area (Å²) in [7, 11) is -3.78. The predicted molar refractivity (Wildman–Crippen MR) is 115 cm³/mol. The summed E-state index contributed by atoms with van der Waals surface area (Å²) in [6, 6.07) is 21.8. The number of hydrogen-bond donors (Lipinski definition) is 1. The first kappa shape index (κ1) is 20.2. The van der Waals surface area contributed by atoms with Crippen molar-refractivity contribution in [1.82, 2.24) is 4.98 Å². The van der Waals surface area contributed by atoms with E-state index in [0.717, 1.165) is 26.8 Å². The van der Waals surface area contributed by atoms with Gasteiger partial charge in [-0.1, -0.05) is 30.3 Å². The van der Waals surface area contributed by atoms with E-state index in [2.05, 4.69) is 0 Å². The number of rotatable bonds is 6. The lowest BCUT2D eigenvalue weighted by atomic mass is 10.1. The summed E-state index contributed by atoms with van der Waals surface area (Å²) in [5.41, 5.74) is 2.21. The number of nitrogens with zero attached hydrogens (tertiary/aromatic N) is 1. The van der Waals surface area contributed by atoms with Gasteiger partial charge in [0, 0.05) is 5.56 Å². The summed E-state index contributed by atoms with van der Waals surface area (Å²) in [5.74, 6) is 0.399. The van der Waals surface area contributed by atoms with Crippen molar-refractivity contribution in [1.29, 1.82) is 0 Å². The number of para-hydroxylation sites is 1. The highest BCUT2D eigenvalue weighted by Gasteiger charge is 2.17. The van der Waals surface area contributed by atoms with E-state index >= 15 is 0 Å². The first-order valence-electron chi connectivity index (χ1n) is 8.97. The highest BCUT2D eigenvalue weighted by atomic mass is 32.2. The number of primary sulfonamides is 1. The Balaban J connectivity index is 1.71. The molecule has 0 aliphatic carbocycles. The molecule has 1 heterocycles. The van der Waals surface area contributed by atoms with Gasteiger partial charge in [0.05, 0.1) is 15.5 Å². The molecule has 152 valence electrons. The van der Waals surface area contributed by atoms with Crippen molar-refractivity contribution < 1.29 is 17.5 Å². The van der Waals surface area contributed by atoms with Crippen molar-refractivity contribution in [2.75, 3.05) is 0 Å². The van der Waals surface area contributed by atoms with Gasteiger partial charge < -0.3 is 4.74 Å². The predicted octanol–water partition coefficient (Wildman–Crippen LogP) is 4.84. The molecule has 5 nitrogen and oxygen atoms in total. The number of ether oxygens (including phenoxy) is 1. The largest absolute Gasteiger partial charge is 0.486 e. The molecule has 0 aliphatic heterocycles. The number of sulfonamides is 1. The van der Waals surface area contributed by atoms with Crippen LogP contribution in [0.1, 0.15) is 5.01 Å². The molecule has 0 amide bonds. The lowest BCUT2D eigenvalue weighted by Crippen LogP contribution is -2.11. The van der Waals surface area contributed by atoms with Crippen LogP contribution in [0.25, 0.3) is 21.7 Å². The normalized spacial score (nSPS) is 11.4. The maximum atomic E-state index is 13.4. The van der Waals surface area contributed by atoms with Gasteiger partial charge in [0.2, 0.25) is 10.0 Å². The molecule has 1 aromatic heterocycles. The van der Waals surface area contributed by atoms with Crippen molar-refractivity contribution in [3.8, 4) is 27.4 Å². The molecule has 0 radical (unpaired) electrons. The summed E-state index contributed by atoms with van der Waals surface area (Å²) in [5, 5.41) is 5.93. The third-order valence-electron chi connectivity index (χ3n) is 4.34. The van der Waals surface area contributed by atoms with Crippen LogP contribution in [-0.2, 0) is 16.6 Å². The van der Waals surface area contributed by atoms with E-state index in [1.54, 1.807) is 24.3 Å². The zero-order valence-corrected chi connectivity index (χ0v) is 17.3. The van der Waals surface area contributed by atoms with Crippen LogP contribution in [0.15, 0.2) is 83.8 Å². The van der Waals surface area contributed by atoms with Crippen LogP contribution in [0.4, 0.5) is 4.39 Å². The van der Waals surface area contributed by atoms with Crippen LogP contribution < -0.4 is 9.88 Å². The van der Waals surface area contributed by atoms with Crippen LogP contribution in [0.5, 0.6) is 5.75 Å². The topological polar surface area (TPSA) is 82.3 Å². The third kappa shape index (κ3) is 4.56. The molecule has 8 heteroatoms. The fourth-order valence-electron chi connectivity index (χ4n) is 2.88. The lowest BCUT2D eigenvalue weighted by molar-refractivity contribution is 0.305. The molecule has 2 N–H and O–H groups in total. The van der Waals surface area contributed by atoms with Gasteiger partial charge in [0.1, 0.15) is 23.2 Å². The van der Waals surface area contributed by atoms with E-state index in [-0.39, 0.29) is 17.3 Å². The van der Waals surface area contributed by atoms with Gasteiger partial charge in [0.25, 0.3) is 0 Å². The van der Waals surface area contributed by atoms with Crippen molar-refractivity contribution in [2.45, 2.75) is 11.5 Å². The van der Waals surface area contributed by atoms with Crippen LogP contribution in [0.2, 0.25) is 0 Å². The molecule has 0 saturated carbocycles. The quantitative estimate of drug-likeness (QED) is 0.465. The lowest BCUT2D eigenvalue weighted by Gasteiger charge is -2.04. The van der Waals surface area contributed by atoms with Crippen molar-refractivity contribution in [3.05, 3.63) is 89.7 Å². The Bertz CT molecular complexity index is 1250. The Morgan fingerprint density at radius 3 is 2.17 bits per heavy atom. The fourth-order valence-corrected chi connectivity index (χ4v) is 4.40. The minimum absolute atomic E-state index is 0.0340. The van der Waals surface area contributed by atoms with Gasteiger partial charge in [-0.2, -0.15) is 0 Å². The SMILES string of the molecule is NS(=O)(=O)c1ccc(-c2sc(COc3ccccc3)nc2-c2ccc(F)cc2)cc1. The molecule has 0 atom stereocenters. The molecule has 0 aliphatic rings. The molecule has 30 heavy (non-hydrogen) atoms. The zero-order valence-electron chi connectivity index (χ0n) is 15.7. The Morgan fingerprint density at radius 2 is 1.53 bits per heavy atom. The summed E-state index contributed by atoms with van der Waals surface area (Å²) in [6.45, 7) is 0.276. The average molecular weight is 441 g/mol. The minimum atomic E-state index is -3.78. The van der Waals surface area contributed by atoms with E-state index in [0.29, 0.717) is 5.69 Å². The standard InChI is InChI=1S/C22H17FN2O3S2/c23-17-10-6-15(7-11-17)21-22(16-8-12-19(13-9-16)30(24,26)27)29-20(25-21)14-28-18-4-2-1-3-5-18/h1-13H,14H2,(H2,24,26,27). The maximum Gasteiger partial charge on any atom is 0.238 e. The number of hydrogen-bond acceptors (Lipinski definition) is 5. The van der Waals surface area contributed by atoms with E-state index < -0.39 is 10.0 Å². The van der Waals surface area contributed by atoms with Crippen molar-refractivity contribution in [2.24, 2.45) is 5.14 Å². The Kier molecular flexibility index (Phi) is 5.63. The first-order chi connectivity index (χ1) is 14.4. The Labute approximate surface area is 177 Å². The van der Waals surface area contributed by atoms with E-state index in [4.69, 9.17) is 14.9 Å². The third-order valence-corrected chi connectivity index (χ3v) is 6.35. The van der Waals surface area contributed by atoms with Gasteiger partial charge in [-0.25, -0.2) is 22.9 Å². The van der Waals surface area contributed by atoms with Crippen LogP contribution in [-0.4, -0.2) is 13.4 Å². The van der Waals surface area contributed by atoms with Crippen LogP contribution in [0, 0.1) is 5.82 Å². The molecular formula is C22H17FN2O3S2. The number of aromatic nitrogens is 1. The molecule has 4 rings (SSSR count). The molecule has 0 bridgehead atoms. The van der Waals surface area contributed by atoms with Gasteiger partial charge in [-0.3, -0.25) is 0 Å². The average Bonchev–Trinajstić information content (AvgIpc) is 3.17. The van der Waals surface area contributed by atoms with E-state index in [1.165, 1.54) is 35.6 Å². The zero-order chi connectivity index (χ0) is 21.1.